The largest absolute Gasteiger partial charge is 2.00 e. The molecule has 0 aromatic carbocycles. The first-order valence-corrected chi connectivity index (χ1v) is 7.35. The summed E-state index contributed by atoms with van der Waals surface area (Å²) in [5, 5.41) is 0. The van der Waals surface area contributed by atoms with Crippen LogP contribution in [0.2, 0.25) is 0 Å². The topological polar surface area (TPSA) is 277 Å². The Kier molecular flexibility index (Phi) is 15.9. The maximum absolute atomic E-state index is 8.58. The fourth-order valence-electron chi connectivity index (χ4n) is 0. The molecule has 0 spiro atoms. The molecule has 0 aromatic heterocycles. The van der Waals surface area contributed by atoms with E-state index in [1.165, 1.54) is 0 Å². The van der Waals surface area contributed by atoms with Crippen molar-refractivity contribution in [3.05, 3.63) is 0 Å². The van der Waals surface area contributed by atoms with Crippen LogP contribution in [0, 0.1) is 0 Å². The van der Waals surface area contributed by atoms with E-state index in [2.05, 4.69) is 0 Å². The Morgan fingerprint density at radius 2 is 0.312 bits per heavy atom. The second-order valence-corrected chi connectivity index (χ2v) is 4.50. The van der Waals surface area contributed by atoms with Crippen LogP contribution < -0.4 is 57.5 Å². The van der Waals surface area contributed by atoms with Gasteiger partial charge in [0.15, 0.2) is 0 Å². The molecule has 0 radical (unpaired) electrons. The first kappa shape index (κ1) is 25.7. The Balaban J connectivity index is -0.0000000655. The van der Waals surface area contributed by atoms with Gasteiger partial charge in [-0.05, 0) is 0 Å². The predicted octanol–water partition coefficient (Wildman–Crippen LogP) is -15.8. The van der Waals surface area contributed by atoms with Gasteiger partial charge in [-0.25, -0.2) is 0 Å². The molecular formula is MgO12Si3-10. The van der Waals surface area contributed by atoms with Crippen LogP contribution in [0.1, 0.15) is 0 Å². The molecule has 0 heterocycles. The summed E-state index contributed by atoms with van der Waals surface area (Å²) < 4.78 is 0. The second kappa shape index (κ2) is 9.92. The van der Waals surface area contributed by atoms with E-state index in [0.29, 0.717) is 0 Å². The normalized spacial score (nSPS) is 11.2. The Morgan fingerprint density at radius 3 is 0.312 bits per heavy atom. The molecule has 12 nitrogen and oxygen atoms in total. The van der Waals surface area contributed by atoms with Crippen LogP contribution in [0.5, 0.6) is 0 Å². The van der Waals surface area contributed by atoms with E-state index < -0.39 is 27.1 Å². The van der Waals surface area contributed by atoms with E-state index in [4.69, 9.17) is 57.5 Å². The predicted molar refractivity (Wildman–Crippen MR) is 23.0 cm³/mol. The number of hydrogen-bond acceptors (Lipinski definition) is 12. The molecule has 0 bridgehead atoms. The minimum absolute atomic E-state index is 0. The minimum atomic E-state index is -5.61. The van der Waals surface area contributed by atoms with Gasteiger partial charge in [0.2, 0.25) is 0 Å². The van der Waals surface area contributed by atoms with Gasteiger partial charge in [-0.3, -0.25) is 0 Å². The monoisotopic (exact) mass is 300 g/mol. The average Bonchev–Trinajstić information content (AvgIpc) is 1.41. The van der Waals surface area contributed by atoms with E-state index in [0.717, 1.165) is 0 Å². The van der Waals surface area contributed by atoms with Gasteiger partial charge in [-0.1, -0.05) is 0 Å². The standard InChI is InChI=1S/Mg.3O4Si/c;3*1-5(2,3)4/q+2;3*-4. The molecule has 0 fully saturated rings. The molecule has 0 unspecified atom stereocenters. The van der Waals surface area contributed by atoms with Gasteiger partial charge >= 0.3 is 23.1 Å². The van der Waals surface area contributed by atoms with E-state index in [1.807, 2.05) is 0 Å². The van der Waals surface area contributed by atoms with Gasteiger partial charge in [0.25, 0.3) is 0 Å². The molecule has 0 saturated heterocycles. The maximum Gasteiger partial charge on any atom is 2.00 e. The Hall–Kier alpha value is 0.937. The molecule has 0 aromatic rings. The van der Waals surface area contributed by atoms with Crippen molar-refractivity contribution in [3.63, 3.8) is 0 Å². The van der Waals surface area contributed by atoms with E-state index in [9.17, 15) is 0 Å². The number of rotatable bonds is 0. The van der Waals surface area contributed by atoms with Crippen LogP contribution in [0.4, 0.5) is 0 Å². The van der Waals surface area contributed by atoms with Gasteiger partial charge in [-0.2, -0.15) is 0 Å². The van der Waals surface area contributed by atoms with E-state index in [-0.39, 0.29) is 23.1 Å². The molecule has 0 aliphatic carbocycles. The molecule has 0 N–H and O–H groups in total. The zero-order valence-electron chi connectivity index (χ0n) is 7.11. The van der Waals surface area contributed by atoms with Crippen molar-refractivity contribution in [2.75, 3.05) is 0 Å². The summed E-state index contributed by atoms with van der Waals surface area (Å²) in [7, 11) is -16.8. The zero-order valence-corrected chi connectivity index (χ0v) is 11.5. The van der Waals surface area contributed by atoms with Crippen LogP contribution in [-0.2, 0) is 0 Å². The van der Waals surface area contributed by atoms with Crippen molar-refractivity contribution in [3.8, 4) is 0 Å². The molecular weight excluding hydrogens is 301 g/mol. The average molecular weight is 301 g/mol. The second-order valence-electron chi connectivity index (χ2n) is 1.50. The van der Waals surface area contributed by atoms with Gasteiger partial charge in [0.1, 0.15) is 0 Å². The summed E-state index contributed by atoms with van der Waals surface area (Å²) in [5.41, 5.74) is 0. The molecule has 0 amide bonds. The number of hydrogen-bond donors (Lipinski definition) is 0. The Labute approximate surface area is 108 Å². The molecule has 0 saturated carbocycles. The molecule has 0 atom stereocenters. The van der Waals surface area contributed by atoms with Crippen LogP contribution in [0.25, 0.3) is 0 Å². The van der Waals surface area contributed by atoms with Crippen molar-refractivity contribution < 1.29 is 57.5 Å². The first-order chi connectivity index (χ1) is 6.00. The molecule has 16 heavy (non-hydrogen) atoms. The Morgan fingerprint density at radius 1 is 0.312 bits per heavy atom. The maximum atomic E-state index is 8.58. The van der Waals surface area contributed by atoms with Gasteiger partial charge in [-0.15, -0.1) is 0 Å². The van der Waals surface area contributed by atoms with Crippen molar-refractivity contribution in [1.82, 2.24) is 0 Å². The van der Waals surface area contributed by atoms with Gasteiger partial charge in [0.05, 0.1) is 0 Å². The molecule has 0 aliphatic heterocycles. The van der Waals surface area contributed by atoms with Gasteiger partial charge in [0, 0.05) is 0 Å². The SMILES string of the molecule is [Mg+2].[O-][Si]([O-])([O-])[O-].[O-][Si]([O-])([O-])[O-].[O-][Si]([O-])([O-])[O-]. The van der Waals surface area contributed by atoms with Gasteiger partial charge < -0.3 is 84.7 Å². The Bertz CT molecular complexity index is 91.3. The summed E-state index contributed by atoms with van der Waals surface area (Å²) in [6.07, 6.45) is 0. The van der Waals surface area contributed by atoms with E-state index in [1.54, 1.807) is 0 Å². The van der Waals surface area contributed by atoms with E-state index >= 15 is 0 Å². The summed E-state index contributed by atoms with van der Waals surface area (Å²) >= 11 is 0. The zero-order chi connectivity index (χ0) is 13.5. The smallest absolute Gasteiger partial charge is 0.894 e. The summed E-state index contributed by atoms with van der Waals surface area (Å²) in [4.78, 5) is 103. The third-order valence-electron chi connectivity index (χ3n) is 0. The third-order valence-corrected chi connectivity index (χ3v) is 0. The van der Waals surface area contributed by atoms with Crippen LogP contribution in [0.15, 0.2) is 0 Å². The molecule has 0 aliphatic rings. The van der Waals surface area contributed by atoms with Crippen molar-refractivity contribution in [1.29, 1.82) is 0 Å². The summed E-state index contributed by atoms with van der Waals surface area (Å²) in [5.74, 6) is 0. The third kappa shape index (κ3) is 3310. The van der Waals surface area contributed by atoms with Crippen molar-refractivity contribution in [2.45, 2.75) is 0 Å². The molecule has 0 rings (SSSR count). The van der Waals surface area contributed by atoms with Crippen LogP contribution in [0.3, 0.4) is 0 Å². The van der Waals surface area contributed by atoms with Crippen LogP contribution in [-0.4, -0.2) is 50.2 Å². The minimum Gasteiger partial charge on any atom is -0.894 e. The molecule has 16 heteroatoms. The summed E-state index contributed by atoms with van der Waals surface area (Å²) in [6, 6.07) is 0. The quantitative estimate of drug-likeness (QED) is 0.376. The fourth-order valence-corrected chi connectivity index (χ4v) is 0. The van der Waals surface area contributed by atoms with Crippen molar-refractivity contribution >= 4 is 50.2 Å². The fraction of sp³-hybridized carbons (Fsp3) is 0. The summed E-state index contributed by atoms with van der Waals surface area (Å²) in [6.45, 7) is 0. The first-order valence-electron chi connectivity index (χ1n) is 2.45. The van der Waals surface area contributed by atoms with Crippen LogP contribution >= 0.6 is 0 Å². The molecule has 96 valence electrons. The van der Waals surface area contributed by atoms with Crippen molar-refractivity contribution in [2.24, 2.45) is 0 Å².